The quantitative estimate of drug-likeness (QED) is 0.604. The summed E-state index contributed by atoms with van der Waals surface area (Å²) in [5, 5.41) is 17.1. The number of nitrogens with zero attached hydrogens (tertiary/aromatic N) is 3. The molecular formula is C10H17N3. The van der Waals surface area contributed by atoms with E-state index >= 15 is 0 Å². The Bertz CT molecular complexity index is 219. The molecule has 0 atom stereocenters. The van der Waals surface area contributed by atoms with Crippen molar-refractivity contribution in [1.29, 1.82) is 10.5 Å². The summed E-state index contributed by atoms with van der Waals surface area (Å²) in [5.41, 5.74) is -0.229. The van der Waals surface area contributed by atoms with Gasteiger partial charge >= 0.3 is 0 Å². The first kappa shape index (κ1) is 11.9. The summed E-state index contributed by atoms with van der Waals surface area (Å²) in [6.45, 7) is 5.24. The molecule has 0 saturated carbocycles. The van der Waals surface area contributed by atoms with E-state index in [0.717, 1.165) is 19.4 Å². The first-order chi connectivity index (χ1) is 6.02. The fourth-order valence-corrected chi connectivity index (χ4v) is 1.05. The lowest BCUT2D eigenvalue weighted by molar-refractivity contribution is 0.331. The summed E-state index contributed by atoms with van der Waals surface area (Å²) in [4.78, 5) is 1.97. The first-order valence-electron chi connectivity index (χ1n) is 4.48. The van der Waals surface area contributed by atoms with Gasteiger partial charge in [0.15, 0.2) is 0 Å². The van der Waals surface area contributed by atoms with Crippen molar-refractivity contribution in [2.75, 3.05) is 20.1 Å². The fraction of sp³-hybridized carbons (Fsp3) is 0.800. The Morgan fingerprint density at radius 2 is 1.92 bits per heavy atom. The number of nitriles is 2. The summed E-state index contributed by atoms with van der Waals surface area (Å²) in [5.74, 6) is 0. The summed E-state index contributed by atoms with van der Waals surface area (Å²) < 4.78 is 0. The van der Waals surface area contributed by atoms with Crippen LogP contribution in [-0.2, 0) is 0 Å². The monoisotopic (exact) mass is 179 g/mol. The SMILES string of the molecule is CN(CC#N)CCCC(C)(C)C#N. The van der Waals surface area contributed by atoms with E-state index in [9.17, 15) is 0 Å². The molecule has 0 N–H and O–H groups in total. The third kappa shape index (κ3) is 6.13. The highest BCUT2D eigenvalue weighted by atomic mass is 15.1. The maximum absolute atomic E-state index is 8.75. The minimum absolute atomic E-state index is 0.229. The van der Waals surface area contributed by atoms with Crippen molar-refractivity contribution in [2.24, 2.45) is 5.41 Å². The van der Waals surface area contributed by atoms with Crippen molar-refractivity contribution in [3.63, 3.8) is 0 Å². The van der Waals surface area contributed by atoms with Crippen LogP contribution in [-0.4, -0.2) is 25.0 Å². The van der Waals surface area contributed by atoms with Crippen LogP contribution >= 0.6 is 0 Å². The molecule has 72 valence electrons. The maximum Gasteiger partial charge on any atom is 0.0863 e. The topological polar surface area (TPSA) is 50.8 Å². The third-order valence-corrected chi connectivity index (χ3v) is 1.98. The highest BCUT2D eigenvalue weighted by Gasteiger charge is 2.15. The molecule has 0 unspecified atom stereocenters. The third-order valence-electron chi connectivity index (χ3n) is 1.98. The molecule has 3 nitrogen and oxygen atoms in total. The molecular weight excluding hydrogens is 162 g/mol. The predicted octanol–water partition coefficient (Wildman–Crippen LogP) is 1.77. The van der Waals surface area contributed by atoms with Gasteiger partial charge in [-0.2, -0.15) is 10.5 Å². The van der Waals surface area contributed by atoms with Crippen molar-refractivity contribution >= 4 is 0 Å². The molecule has 0 aliphatic heterocycles. The molecule has 13 heavy (non-hydrogen) atoms. The van der Waals surface area contributed by atoms with Gasteiger partial charge < -0.3 is 0 Å². The smallest absolute Gasteiger partial charge is 0.0863 e. The summed E-state index contributed by atoms with van der Waals surface area (Å²) in [6, 6.07) is 4.35. The highest BCUT2D eigenvalue weighted by Crippen LogP contribution is 2.20. The van der Waals surface area contributed by atoms with Gasteiger partial charge in [-0.3, -0.25) is 4.90 Å². The molecule has 0 radical (unpaired) electrons. The van der Waals surface area contributed by atoms with E-state index in [1.165, 1.54) is 0 Å². The second-order valence-corrected chi connectivity index (χ2v) is 4.00. The number of hydrogen-bond acceptors (Lipinski definition) is 3. The Kier molecular flexibility index (Phi) is 5.11. The molecule has 0 saturated heterocycles. The zero-order valence-corrected chi connectivity index (χ0v) is 8.67. The van der Waals surface area contributed by atoms with Crippen molar-refractivity contribution in [1.82, 2.24) is 4.90 Å². The summed E-state index contributed by atoms with van der Waals surface area (Å²) >= 11 is 0. The lowest BCUT2D eigenvalue weighted by Crippen LogP contribution is -2.21. The Balaban J connectivity index is 3.58. The van der Waals surface area contributed by atoms with Gasteiger partial charge in [-0.15, -0.1) is 0 Å². The molecule has 0 spiro atoms. The minimum Gasteiger partial charge on any atom is -0.294 e. The Labute approximate surface area is 80.6 Å². The van der Waals surface area contributed by atoms with Gasteiger partial charge in [0.1, 0.15) is 0 Å². The molecule has 0 heterocycles. The van der Waals surface area contributed by atoms with E-state index < -0.39 is 0 Å². The first-order valence-corrected chi connectivity index (χ1v) is 4.48. The van der Waals surface area contributed by atoms with Gasteiger partial charge in [0, 0.05) is 0 Å². The number of rotatable bonds is 5. The summed E-state index contributed by atoms with van der Waals surface area (Å²) in [6.07, 6.45) is 1.86. The zero-order chi connectivity index (χ0) is 10.3. The van der Waals surface area contributed by atoms with Gasteiger partial charge in [-0.05, 0) is 40.3 Å². The molecule has 0 aromatic rings. The van der Waals surface area contributed by atoms with E-state index in [1.807, 2.05) is 25.8 Å². The zero-order valence-electron chi connectivity index (χ0n) is 8.67. The Morgan fingerprint density at radius 3 is 2.38 bits per heavy atom. The molecule has 0 rings (SSSR count). The standard InChI is InChI=1S/C10H17N3/c1-10(2,9-12)5-4-7-13(3)8-6-11/h4-5,7-8H2,1-3H3. The molecule has 0 bridgehead atoms. The van der Waals surface area contributed by atoms with Gasteiger partial charge in [0.2, 0.25) is 0 Å². The van der Waals surface area contributed by atoms with E-state index in [2.05, 4.69) is 12.1 Å². The molecule has 0 aromatic heterocycles. The van der Waals surface area contributed by atoms with Crippen LogP contribution in [0.4, 0.5) is 0 Å². The highest BCUT2D eigenvalue weighted by molar-refractivity contribution is 4.91. The average Bonchev–Trinajstić information content (AvgIpc) is 2.05. The molecule has 3 heteroatoms. The van der Waals surface area contributed by atoms with Crippen LogP contribution in [0.1, 0.15) is 26.7 Å². The van der Waals surface area contributed by atoms with Gasteiger partial charge in [-0.25, -0.2) is 0 Å². The van der Waals surface area contributed by atoms with Crippen molar-refractivity contribution in [2.45, 2.75) is 26.7 Å². The van der Waals surface area contributed by atoms with Crippen molar-refractivity contribution in [3.05, 3.63) is 0 Å². The lowest BCUT2D eigenvalue weighted by atomic mass is 9.90. The molecule has 0 aliphatic carbocycles. The van der Waals surface area contributed by atoms with E-state index in [0.29, 0.717) is 6.54 Å². The van der Waals surface area contributed by atoms with Crippen LogP contribution in [0.3, 0.4) is 0 Å². The number of hydrogen-bond donors (Lipinski definition) is 0. The van der Waals surface area contributed by atoms with Crippen LogP contribution in [0, 0.1) is 28.1 Å². The largest absolute Gasteiger partial charge is 0.294 e. The summed E-state index contributed by atoms with van der Waals surface area (Å²) in [7, 11) is 1.92. The molecule has 0 aromatic carbocycles. The lowest BCUT2D eigenvalue weighted by Gasteiger charge is -2.17. The van der Waals surface area contributed by atoms with Gasteiger partial charge in [0.05, 0.1) is 24.1 Å². The molecule has 0 amide bonds. The second kappa shape index (κ2) is 5.56. The van der Waals surface area contributed by atoms with Crippen LogP contribution in [0.25, 0.3) is 0 Å². The maximum atomic E-state index is 8.75. The van der Waals surface area contributed by atoms with Gasteiger partial charge in [-0.1, -0.05) is 0 Å². The average molecular weight is 179 g/mol. The molecule has 0 aliphatic rings. The predicted molar refractivity (Wildman–Crippen MR) is 51.7 cm³/mol. The van der Waals surface area contributed by atoms with Crippen molar-refractivity contribution in [3.8, 4) is 12.1 Å². The van der Waals surface area contributed by atoms with Crippen LogP contribution in [0.2, 0.25) is 0 Å². The van der Waals surface area contributed by atoms with Crippen LogP contribution in [0.15, 0.2) is 0 Å². The minimum atomic E-state index is -0.229. The normalized spacial score (nSPS) is 10.9. The van der Waals surface area contributed by atoms with Crippen LogP contribution in [0.5, 0.6) is 0 Å². The molecule has 0 fully saturated rings. The van der Waals surface area contributed by atoms with E-state index in [-0.39, 0.29) is 5.41 Å². The second-order valence-electron chi connectivity index (χ2n) is 4.00. The Hall–Kier alpha value is -1.06. The van der Waals surface area contributed by atoms with Crippen LogP contribution < -0.4 is 0 Å². The fourth-order valence-electron chi connectivity index (χ4n) is 1.05. The van der Waals surface area contributed by atoms with Crippen molar-refractivity contribution < 1.29 is 0 Å². The van der Waals surface area contributed by atoms with E-state index in [1.54, 1.807) is 0 Å². The Morgan fingerprint density at radius 1 is 1.31 bits per heavy atom. The van der Waals surface area contributed by atoms with Gasteiger partial charge in [0.25, 0.3) is 0 Å². The van der Waals surface area contributed by atoms with E-state index in [4.69, 9.17) is 10.5 Å².